The molecule has 4 nitrogen and oxygen atoms in total. The zero-order valence-corrected chi connectivity index (χ0v) is 12.8. The molecule has 2 aromatic rings. The lowest BCUT2D eigenvalue weighted by Crippen LogP contribution is -1.89. The summed E-state index contributed by atoms with van der Waals surface area (Å²) in [5.41, 5.74) is 1.83. The lowest BCUT2D eigenvalue weighted by Gasteiger charge is -2.07. The maximum Gasteiger partial charge on any atom is 0.171 e. The molecule has 0 atom stereocenters. The normalized spacial score (nSPS) is 10.9. The summed E-state index contributed by atoms with van der Waals surface area (Å²) < 4.78 is 5.76. The van der Waals surface area contributed by atoms with E-state index < -0.39 is 0 Å². The van der Waals surface area contributed by atoms with E-state index in [9.17, 15) is 10.4 Å². The smallest absolute Gasteiger partial charge is 0.171 e. The first-order chi connectivity index (χ1) is 9.65. The first-order valence-electron chi connectivity index (χ1n) is 5.75. The topological polar surface area (TPSA) is 66.1 Å². The van der Waals surface area contributed by atoms with Gasteiger partial charge in [-0.3, -0.25) is 4.98 Å². The van der Waals surface area contributed by atoms with Crippen LogP contribution in [0.3, 0.4) is 0 Å². The van der Waals surface area contributed by atoms with E-state index in [2.05, 4.69) is 11.1 Å². The summed E-state index contributed by atoms with van der Waals surface area (Å²) >= 11 is 2.01. The number of rotatable bonds is 3. The molecule has 1 heterocycles. The second-order valence-electron chi connectivity index (χ2n) is 3.94. The SMILES string of the molecule is COc1cc(/C=C(\C#N)c2ccccn2)cc(I)c1O. The Labute approximate surface area is 130 Å². The summed E-state index contributed by atoms with van der Waals surface area (Å²) in [4.78, 5) is 4.16. The van der Waals surface area contributed by atoms with Crippen LogP contribution in [0.5, 0.6) is 11.5 Å². The Hall–Kier alpha value is -2.07. The van der Waals surface area contributed by atoms with E-state index >= 15 is 0 Å². The van der Waals surface area contributed by atoms with Crippen LogP contribution in [0.25, 0.3) is 11.6 Å². The fraction of sp³-hybridized carbons (Fsp3) is 0.0667. The number of pyridine rings is 1. The van der Waals surface area contributed by atoms with Gasteiger partial charge in [0.05, 0.1) is 21.9 Å². The molecule has 0 aliphatic carbocycles. The third-order valence-corrected chi connectivity index (χ3v) is 3.47. The molecule has 2 rings (SSSR count). The molecular formula is C15H11IN2O2. The van der Waals surface area contributed by atoms with Gasteiger partial charge in [-0.1, -0.05) is 6.07 Å². The van der Waals surface area contributed by atoms with Gasteiger partial charge in [0.2, 0.25) is 0 Å². The molecular weight excluding hydrogens is 367 g/mol. The number of phenols is 1. The average Bonchev–Trinajstić information content (AvgIpc) is 2.49. The third-order valence-electron chi connectivity index (χ3n) is 2.64. The van der Waals surface area contributed by atoms with Crippen molar-refractivity contribution in [3.05, 3.63) is 51.4 Å². The van der Waals surface area contributed by atoms with E-state index in [1.54, 1.807) is 36.5 Å². The van der Waals surface area contributed by atoms with Gasteiger partial charge in [0, 0.05) is 6.20 Å². The van der Waals surface area contributed by atoms with Crippen molar-refractivity contribution >= 4 is 34.2 Å². The number of hydrogen-bond acceptors (Lipinski definition) is 4. The number of aromatic hydroxyl groups is 1. The Morgan fingerprint density at radius 1 is 1.45 bits per heavy atom. The number of benzene rings is 1. The van der Waals surface area contributed by atoms with Gasteiger partial charge in [-0.25, -0.2) is 0 Å². The fourth-order valence-corrected chi connectivity index (χ4v) is 2.31. The molecule has 100 valence electrons. The molecule has 1 aromatic heterocycles. The Kier molecular flexibility index (Phi) is 4.58. The number of methoxy groups -OCH3 is 1. The van der Waals surface area contributed by atoms with Gasteiger partial charge >= 0.3 is 0 Å². The summed E-state index contributed by atoms with van der Waals surface area (Å²) in [7, 11) is 1.49. The number of hydrogen-bond donors (Lipinski definition) is 1. The van der Waals surface area contributed by atoms with Gasteiger partial charge in [0.25, 0.3) is 0 Å². The highest BCUT2D eigenvalue weighted by atomic mass is 127. The first-order valence-corrected chi connectivity index (χ1v) is 6.83. The highest BCUT2D eigenvalue weighted by Gasteiger charge is 2.09. The Balaban J connectivity index is 2.49. The number of halogens is 1. The van der Waals surface area contributed by atoms with Crippen molar-refractivity contribution in [1.29, 1.82) is 5.26 Å². The Morgan fingerprint density at radius 3 is 2.85 bits per heavy atom. The zero-order valence-electron chi connectivity index (χ0n) is 10.7. The van der Waals surface area contributed by atoms with Crippen molar-refractivity contribution in [1.82, 2.24) is 4.98 Å². The molecule has 5 heteroatoms. The second-order valence-corrected chi connectivity index (χ2v) is 5.10. The molecule has 20 heavy (non-hydrogen) atoms. The molecule has 0 aliphatic heterocycles. The standard InChI is InChI=1S/C15H11IN2O2/c1-20-14-8-10(7-12(16)15(14)19)6-11(9-17)13-4-2-3-5-18-13/h2-8,19H,1H3/b11-6+. The van der Waals surface area contributed by atoms with Crippen LogP contribution in [-0.4, -0.2) is 17.2 Å². The van der Waals surface area contributed by atoms with Crippen molar-refractivity contribution in [3.63, 3.8) is 0 Å². The number of nitriles is 1. The zero-order chi connectivity index (χ0) is 14.5. The number of ether oxygens (including phenoxy) is 1. The minimum absolute atomic E-state index is 0.0987. The van der Waals surface area contributed by atoms with Crippen LogP contribution in [0.1, 0.15) is 11.3 Å². The molecule has 0 aliphatic rings. The lowest BCUT2D eigenvalue weighted by molar-refractivity contribution is 0.371. The lowest BCUT2D eigenvalue weighted by atomic mass is 10.1. The van der Waals surface area contributed by atoms with Crippen LogP contribution in [0.4, 0.5) is 0 Å². The molecule has 0 radical (unpaired) electrons. The van der Waals surface area contributed by atoms with Crippen molar-refractivity contribution in [3.8, 4) is 17.6 Å². The van der Waals surface area contributed by atoms with Crippen molar-refractivity contribution in [2.75, 3.05) is 7.11 Å². The van der Waals surface area contributed by atoms with Crippen LogP contribution in [-0.2, 0) is 0 Å². The molecule has 0 unspecified atom stereocenters. The highest BCUT2D eigenvalue weighted by Crippen LogP contribution is 2.33. The van der Waals surface area contributed by atoms with Gasteiger partial charge in [-0.2, -0.15) is 5.26 Å². The van der Waals surface area contributed by atoms with Gasteiger partial charge < -0.3 is 9.84 Å². The van der Waals surface area contributed by atoms with Crippen molar-refractivity contribution in [2.45, 2.75) is 0 Å². The number of aromatic nitrogens is 1. The molecule has 0 spiro atoms. The Bertz CT molecular complexity index is 691. The summed E-state index contributed by atoms with van der Waals surface area (Å²) in [6, 6.07) is 11.0. The monoisotopic (exact) mass is 378 g/mol. The van der Waals surface area contributed by atoms with Crippen LogP contribution in [0, 0.1) is 14.9 Å². The number of allylic oxidation sites excluding steroid dienone is 1. The molecule has 0 bridgehead atoms. The summed E-state index contributed by atoms with van der Waals surface area (Å²) in [5.74, 6) is 0.475. The predicted molar refractivity (Wildman–Crippen MR) is 85.1 cm³/mol. The maximum absolute atomic E-state index is 9.80. The van der Waals surface area contributed by atoms with Crippen molar-refractivity contribution in [2.24, 2.45) is 0 Å². The Morgan fingerprint density at radius 2 is 2.25 bits per heavy atom. The van der Waals surface area contributed by atoms with E-state index in [1.165, 1.54) is 7.11 Å². The average molecular weight is 378 g/mol. The first kappa shape index (κ1) is 14.3. The quantitative estimate of drug-likeness (QED) is 0.656. The molecule has 1 N–H and O–H groups in total. The minimum Gasteiger partial charge on any atom is -0.504 e. The van der Waals surface area contributed by atoms with E-state index in [-0.39, 0.29) is 5.75 Å². The van der Waals surface area contributed by atoms with Gasteiger partial charge in [0.1, 0.15) is 6.07 Å². The van der Waals surface area contributed by atoms with Crippen LogP contribution in [0.15, 0.2) is 36.5 Å². The summed E-state index contributed by atoms with van der Waals surface area (Å²) in [5, 5.41) is 19.1. The second kappa shape index (κ2) is 6.39. The molecule has 0 fully saturated rings. The van der Waals surface area contributed by atoms with Crippen LogP contribution < -0.4 is 4.74 Å². The van der Waals surface area contributed by atoms with E-state index in [4.69, 9.17) is 4.74 Å². The molecule has 0 saturated carbocycles. The predicted octanol–water partition coefficient (Wildman–Crippen LogP) is 3.46. The summed E-state index contributed by atoms with van der Waals surface area (Å²) in [6.07, 6.45) is 3.36. The maximum atomic E-state index is 9.80. The highest BCUT2D eigenvalue weighted by molar-refractivity contribution is 14.1. The largest absolute Gasteiger partial charge is 0.504 e. The van der Waals surface area contributed by atoms with E-state index in [0.29, 0.717) is 20.6 Å². The molecule has 0 amide bonds. The molecule has 0 saturated heterocycles. The van der Waals surface area contributed by atoms with Gasteiger partial charge in [0.15, 0.2) is 11.5 Å². The number of nitrogens with zero attached hydrogens (tertiary/aromatic N) is 2. The third kappa shape index (κ3) is 3.08. The van der Waals surface area contributed by atoms with Crippen molar-refractivity contribution < 1.29 is 9.84 Å². The summed E-state index contributed by atoms with van der Waals surface area (Å²) in [6.45, 7) is 0. The van der Waals surface area contributed by atoms with Gasteiger partial charge in [-0.15, -0.1) is 0 Å². The minimum atomic E-state index is 0.0987. The fourth-order valence-electron chi connectivity index (χ4n) is 1.68. The van der Waals surface area contributed by atoms with E-state index in [1.807, 2.05) is 28.7 Å². The van der Waals surface area contributed by atoms with Gasteiger partial charge in [-0.05, 0) is 58.5 Å². The number of phenolic OH excluding ortho intramolecular Hbond substituents is 1. The van der Waals surface area contributed by atoms with E-state index in [0.717, 1.165) is 5.56 Å². The molecule has 1 aromatic carbocycles. The van der Waals surface area contributed by atoms with Crippen LogP contribution in [0.2, 0.25) is 0 Å². The van der Waals surface area contributed by atoms with Crippen LogP contribution >= 0.6 is 22.6 Å².